The number of unbranched alkanes of at least 4 members (excludes halogenated alkanes) is 1. The van der Waals surface area contributed by atoms with Crippen LogP contribution in [0.2, 0.25) is 0 Å². The molecule has 0 aliphatic rings. The highest BCUT2D eigenvalue weighted by atomic mass is 16.5. The molecule has 0 amide bonds. The highest BCUT2D eigenvalue weighted by Crippen LogP contribution is 2.19. The van der Waals surface area contributed by atoms with Crippen LogP contribution < -0.4 is 10.1 Å². The summed E-state index contributed by atoms with van der Waals surface area (Å²) in [5, 5.41) is 3.11. The smallest absolute Gasteiger partial charge is 0.152 e. The first-order valence-corrected chi connectivity index (χ1v) is 6.96. The van der Waals surface area contributed by atoms with Crippen molar-refractivity contribution in [2.75, 3.05) is 26.0 Å². The number of anilines is 1. The van der Waals surface area contributed by atoms with Gasteiger partial charge in [-0.25, -0.2) is 0 Å². The van der Waals surface area contributed by atoms with Crippen molar-refractivity contribution >= 4 is 5.69 Å². The van der Waals surface area contributed by atoms with Crippen molar-refractivity contribution in [3.8, 4) is 5.75 Å². The predicted molar refractivity (Wildman–Crippen MR) is 82.8 cm³/mol. The molecule has 0 aromatic heterocycles. The summed E-state index contributed by atoms with van der Waals surface area (Å²) in [7, 11) is 3.99. The first kappa shape index (κ1) is 15.6. The largest absolute Gasteiger partial charge is 0.475 e. The van der Waals surface area contributed by atoms with Crippen molar-refractivity contribution in [1.82, 2.24) is 4.90 Å². The SMILES string of the molecule is C=CCN(C)C(CCCC)Oc1ccc(NC)cc1. The molecule has 106 valence electrons. The molecule has 0 heterocycles. The molecule has 0 saturated carbocycles. The van der Waals surface area contributed by atoms with E-state index in [0.29, 0.717) is 0 Å². The highest BCUT2D eigenvalue weighted by molar-refractivity contribution is 5.45. The molecule has 0 bridgehead atoms. The molecule has 0 aliphatic carbocycles. The van der Waals surface area contributed by atoms with Crippen molar-refractivity contribution in [3.63, 3.8) is 0 Å². The van der Waals surface area contributed by atoms with E-state index in [1.807, 2.05) is 37.4 Å². The Bertz CT molecular complexity index is 362. The third-order valence-electron chi connectivity index (χ3n) is 3.13. The molecule has 0 spiro atoms. The number of hydrogen-bond donors (Lipinski definition) is 1. The molecule has 1 aromatic rings. The molecule has 0 saturated heterocycles. The van der Waals surface area contributed by atoms with E-state index < -0.39 is 0 Å². The van der Waals surface area contributed by atoms with Crippen LogP contribution in [0.4, 0.5) is 5.69 Å². The van der Waals surface area contributed by atoms with E-state index in [9.17, 15) is 0 Å². The monoisotopic (exact) mass is 262 g/mol. The Morgan fingerprint density at radius 1 is 1.37 bits per heavy atom. The van der Waals surface area contributed by atoms with E-state index >= 15 is 0 Å². The van der Waals surface area contributed by atoms with E-state index in [1.54, 1.807) is 0 Å². The van der Waals surface area contributed by atoms with Gasteiger partial charge in [-0.3, -0.25) is 4.90 Å². The number of nitrogens with one attached hydrogen (secondary N) is 1. The van der Waals surface area contributed by atoms with Crippen LogP contribution in [0.3, 0.4) is 0 Å². The normalized spacial score (nSPS) is 12.2. The molecule has 3 heteroatoms. The van der Waals surface area contributed by atoms with Crippen LogP contribution in [0.1, 0.15) is 26.2 Å². The van der Waals surface area contributed by atoms with Gasteiger partial charge in [-0.15, -0.1) is 6.58 Å². The third-order valence-corrected chi connectivity index (χ3v) is 3.13. The lowest BCUT2D eigenvalue weighted by Crippen LogP contribution is -2.36. The second-order valence-corrected chi connectivity index (χ2v) is 4.72. The predicted octanol–water partition coefficient (Wildman–Crippen LogP) is 3.74. The van der Waals surface area contributed by atoms with Crippen LogP contribution in [-0.4, -0.2) is 31.8 Å². The van der Waals surface area contributed by atoms with Gasteiger partial charge in [0.25, 0.3) is 0 Å². The fraction of sp³-hybridized carbons (Fsp3) is 0.500. The zero-order chi connectivity index (χ0) is 14.1. The number of benzene rings is 1. The van der Waals surface area contributed by atoms with Crippen molar-refractivity contribution in [2.45, 2.75) is 32.4 Å². The Kier molecular flexibility index (Phi) is 7.04. The molecule has 0 radical (unpaired) electrons. The number of hydrogen-bond acceptors (Lipinski definition) is 3. The van der Waals surface area contributed by atoms with E-state index in [-0.39, 0.29) is 6.23 Å². The lowest BCUT2D eigenvalue weighted by Gasteiger charge is -2.27. The van der Waals surface area contributed by atoms with Crippen LogP contribution in [0, 0.1) is 0 Å². The van der Waals surface area contributed by atoms with E-state index in [2.05, 4.69) is 30.8 Å². The summed E-state index contributed by atoms with van der Waals surface area (Å²) >= 11 is 0. The minimum atomic E-state index is 0.110. The fourth-order valence-corrected chi connectivity index (χ4v) is 1.93. The maximum Gasteiger partial charge on any atom is 0.152 e. The van der Waals surface area contributed by atoms with E-state index in [1.165, 1.54) is 12.8 Å². The summed E-state index contributed by atoms with van der Waals surface area (Å²) < 4.78 is 6.08. The summed E-state index contributed by atoms with van der Waals surface area (Å²) in [6.07, 6.45) is 5.40. The average Bonchev–Trinajstić information content (AvgIpc) is 2.44. The molecular weight excluding hydrogens is 236 g/mol. The van der Waals surface area contributed by atoms with Gasteiger partial charge < -0.3 is 10.1 Å². The minimum Gasteiger partial charge on any atom is -0.475 e. The maximum atomic E-state index is 6.08. The van der Waals surface area contributed by atoms with Crippen LogP contribution in [0.25, 0.3) is 0 Å². The molecule has 19 heavy (non-hydrogen) atoms. The molecule has 1 atom stereocenters. The van der Waals surface area contributed by atoms with E-state index in [0.717, 1.165) is 24.4 Å². The minimum absolute atomic E-state index is 0.110. The van der Waals surface area contributed by atoms with Crippen LogP contribution >= 0.6 is 0 Å². The Morgan fingerprint density at radius 3 is 2.58 bits per heavy atom. The van der Waals surface area contributed by atoms with Crippen molar-refractivity contribution < 1.29 is 4.74 Å². The Morgan fingerprint density at radius 2 is 2.05 bits per heavy atom. The van der Waals surface area contributed by atoms with Crippen molar-refractivity contribution in [2.24, 2.45) is 0 Å². The van der Waals surface area contributed by atoms with Gasteiger partial charge in [0.2, 0.25) is 0 Å². The first-order valence-electron chi connectivity index (χ1n) is 6.96. The highest BCUT2D eigenvalue weighted by Gasteiger charge is 2.14. The van der Waals surface area contributed by atoms with Gasteiger partial charge in [-0.1, -0.05) is 19.4 Å². The van der Waals surface area contributed by atoms with Gasteiger partial charge in [0.15, 0.2) is 6.23 Å². The van der Waals surface area contributed by atoms with E-state index in [4.69, 9.17) is 4.74 Å². The molecule has 1 aromatic carbocycles. The third kappa shape index (κ3) is 5.35. The first-order chi connectivity index (χ1) is 9.21. The van der Waals surface area contributed by atoms with Gasteiger partial charge in [0, 0.05) is 19.3 Å². The van der Waals surface area contributed by atoms with Crippen molar-refractivity contribution in [1.29, 1.82) is 0 Å². The second-order valence-electron chi connectivity index (χ2n) is 4.72. The van der Waals surface area contributed by atoms with Crippen LogP contribution in [0.15, 0.2) is 36.9 Å². The van der Waals surface area contributed by atoms with Crippen LogP contribution in [-0.2, 0) is 0 Å². The van der Waals surface area contributed by atoms with Gasteiger partial charge in [0.1, 0.15) is 5.75 Å². The summed E-state index contributed by atoms with van der Waals surface area (Å²) in [6, 6.07) is 8.07. The molecular formula is C16H26N2O. The van der Waals surface area contributed by atoms with Crippen LogP contribution in [0.5, 0.6) is 5.75 Å². The second kappa shape index (κ2) is 8.59. The molecule has 0 aliphatic heterocycles. The molecule has 1 unspecified atom stereocenters. The Balaban J connectivity index is 2.65. The molecule has 1 rings (SSSR count). The number of rotatable bonds is 9. The van der Waals surface area contributed by atoms with Gasteiger partial charge in [-0.2, -0.15) is 0 Å². The van der Waals surface area contributed by atoms with Gasteiger partial charge in [-0.05, 0) is 44.2 Å². The molecule has 1 N–H and O–H groups in total. The zero-order valence-electron chi connectivity index (χ0n) is 12.4. The summed E-state index contributed by atoms with van der Waals surface area (Å²) in [5.41, 5.74) is 1.09. The standard InChI is InChI=1S/C16H26N2O/c1-5-7-8-16(18(4)13-6-2)19-15-11-9-14(17-3)10-12-15/h6,9-12,16-17H,2,5,7-8,13H2,1,3-4H3. The summed E-state index contributed by atoms with van der Waals surface area (Å²) in [5.74, 6) is 0.913. The Hall–Kier alpha value is -1.48. The number of likely N-dealkylation sites (N-methyl/N-ethyl adjacent to an activating group) is 1. The quantitative estimate of drug-likeness (QED) is 0.542. The number of ether oxygens (including phenoxy) is 1. The molecule has 0 fully saturated rings. The fourth-order valence-electron chi connectivity index (χ4n) is 1.93. The number of nitrogens with zero attached hydrogens (tertiary/aromatic N) is 1. The van der Waals surface area contributed by atoms with Crippen molar-refractivity contribution in [3.05, 3.63) is 36.9 Å². The lowest BCUT2D eigenvalue weighted by atomic mass is 10.2. The lowest BCUT2D eigenvalue weighted by molar-refractivity contribution is 0.0444. The average molecular weight is 262 g/mol. The summed E-state index contributed by atoms with van der Waals surface area (Å²) in [4.78, 5) is 2.19. The van der Waals surface area contributed by atoms with Gasteiger partial charge >= 0.3 is 0 Å². The van der Waals surface area contributed by atoms with Gasteiger partial charge in [0.05, 0.1) is 0 Å². The maximum absolute atomic E-state index is 6.08. The summed E-state index contributed by atoms with van der Waals surface area (Å²) in [6.45, 7) is 6.82. The Labute approximate surface area is 117 Å². The topological polar surface area (TPSA) is 24.5 Å². The molecule has 3 nitrogen and oxygen atoms in total. The zero-order valence-corrected chi connectivity index (χ0v) is 12.4.